The molecule has 1 saturated heterocycles. The highest BCUT2D eigenvalue weighted by Gasteiger charge is 2.35. The fourth-order valence-electron chi connectivity index (χ4n) is 5.51. The van der Waals surface area contributed by atoms with Crippen LogP contribution in [0.1, 0.15) is 37.6 Å². The van der Waals surface area contributed by atoms with Gasteiger partial charge in [-0.05, 0) is 76.7 Å². The van der Waals surface area contributed by atoms with Gasteiger partial charge in [-0.2, -0.15) is 13.2 Å². The van der Waals surface area contributed by atoms with Crippen molar-refractivity contribution in [2.45, 2.75) is 57.5 Å². The lowest BCUT2D eigenvalue weighted by atomic mass is 10.0. The average Bonchev–Trinajstić information content (AvgIpc) is 3.28. The zero-order valence-electron chi connectivity index (χ0n) is 27.3. The molecule has 0 bridgehead atoms. The van der Waals surface area contributed by atoms with Crippen molar-refractivity contribution in [1.29, 1.82) is 0 Å². The van der Waals surface area contributed by atoms with Crippen LogP contribution in [0.25, 0.3) is 10.1 Å². The molecule has 0 unspecified atom stereocenters. The minimum Gasteiger partial charge on any atom is -0.492 e. The number of carbonyl (C=O) groups excluding carboxylic acids is 1. The van der Waals surface area contributed by atoms with Crippen LogP contribution in [0.5, 0.6) is 5.75 Å². The van der Waals surface area contributed by atoms with Crippen molar-refractivity contribution in [2.24, 2.45) is 0 Å². The quantitative estimate of drug-likeness (QED) is 0.155. The van der Waals surface area contributed by atoms with E-state index in [4.69, 9.17) is 9.47 Å². The monoisotopic (exact) mass is 699 g/mol. The van der Waals surface area contributed by atoms with Crippen LogP contribution in [0.15, 0.2) is 30.3 Å². The van der Waals surface area contributed by atoms with Crippen LogP contribution >= 0.6 is 18.5 Å². The van der Waals surface area contributed by atoms with Crippen LogP contribution in [-0.4, -0.2) is 82.1 Å². The molecule has 256 valence electrons. The van der Waals surface area contributed by atoms with Gasteiger partial charge in [0.15, 0.2) is 18.2 Å². The summed E-state index contributed by atoms with van der Waals surface area (Å²) in [6.07, 6.45) is -7.24. The predicted molar refractivity (Wildman–Crippen MR) is 179 cm³/mol. The summed E-state index contributed by atoms with van der Waals surface area (Å²) in [7, 11) is 0.0562. The first kappa shape index (κ1) is 36.5. The second kappa shape index (κ2) is 14.0. The van der Waals surface area contributed by atoms with Crippen LogP contribution in [0, 0.1) is 17.7 Å². The van der Waals surface area contributed by atoms with Gasteiger partial charge in [0.25, 0.3) is 0 Å². The fraction of sp³-hybridized carbons (Fsp3) is 0.485. The number of alkyl halides is 4. The molecule has 7 nitrogen and oxygen atoms in total. The van der Waals surface area contributed by atoms with Gasteiger partial charge >= 0.3 is 12.3 Å². The number of nitrogens with zero attached hydrogens (tertiary/aromatic N) is 2. The molecule has 1 N–H and O–H groups in total. The first-order valence-corrected chi connectivity index (χ1v) is 18.3. The van der Waals surface area contributed by atoms with E-state index in [1.165, 1.54) is 37.5 Å². The number of thiophene rings is 1. The van der Waals surface area contributed by atoms with Gasteiger partial charge in [-0.25, -0.2) is 13.6 Å². The first-order valence-electron chi connectivity index (χ1n) is 14.9. The second-order valence-corrected chi connectivity index (χ2v) is 17.1. The number of fused-ring (bicyclic) bond motifs is 1. The van der Waals surface area contributed by atoms with Crippen LogP contribution in [0.4, 0.5) is 38.1 Å². The highest BCUT2D eigenvalue weighted by molar-refractivity contribution is 7.70. The molecule has 47 heavy (non-hydrogen) atoms. The largest absolute Gasteiger partial charge is 0.492 e. The Morgan fingerprint density at radius 2 is 1.89 bits per heavy atom. The number of nitrogens with one attached hydrogen (secondary N) is 1. The smallest absolute Gasteiger partial charge is 0.415 e. The van der Waals surface area contributed by atoms with E-state index in [-0.39, 0.29) is 33.7 Å². The molecule has 1 aromatic heterocycles. The second-order valence-electron chi connectivity index (χ2n) is 12.9. The summed E-state index contributed by atoms with van der Waals surface area (Å²) in [5.74, 6) is 4.27. The number of rotatable bonds is 7. The van der Waals surface area contributed by atoms with Gasteiger partial charge in [-0.3, -0.25) is 4.90 Å². The number of carbonyl (C=O) groups is 1. The lowest BCUT2D eigenvalue weighted by Crippen LogP contribution is -2.46. The van der Waals surface area contributed by atoms with Crippen molar-refractivity contribution < 1.29 is 40.8 Å². The summed E-state index contributed by atoms with van der Waals surface area (Å²) in [5, 5.41) is 3.53. The summed E-state index contributed by atoms with van der Waals surface area (Å²) in [6.45, 7) is 8.38. The van der Waals surface area contributed by atoms with E-state index >= 15 is 4.39 Å². The van der Waals surface area contributed by atoms with Crippen molar-refractivity contribution in [3.63, 3.8) is 0 Å². The number of methoxy groups -OCH3 is 1. The van der Waals surface area contributed by atoms with Gasteiger partial charge in [0.05, 0.1) is 45.8 Å². The van der Waals surface area contributed by atoms with E-state index in [1.807, 2.05) is 11.9 Å². The maximum absolute atomic E-state index is 15.4. The number of hydrogen-bond donors (Lipinski definition) is 1. The van der Waals surface area contributed by atoms with Crippen molar-refractivity contribution in [3.05, 3.63) is 46.6 Å². The lowest BCUT2D eigenvalue weighted by Gasteiger charge is -2.35. The third-order valence-corrected chi connectivity index (χ3v) is 10.4. The zero-order valence-corrected chi connectivity index (χ0v) is 29.1. The summed E-state index contributed by atoms with van der Waals surface area (Å²) in [4.78, 5) is 16.6. The number of benzene rings is 2. The van der Waals surface area contributed by atoms with Crippen molar-refractivity contribution in [3.8, 4) is 17.6 Å². The molecule has 2 atom stereocenters. The van der Waals surface area contributed by atoms with Crippen LogP contribution in [0.3, 0.4) is 0 Å². The van der Waals surface area contributed by atoms with Crippen molar-refractivity contribution in [1.82, 2.24) is 4.90 Å². The van der Waals surface area contributed by atoms with Crippen LogP contribution in [-0.2, 0) is 15.7 Å². The van der Waals surface area contributed by atoms with Gasteiger partial charge in [0, 0.05) is 18.6 Å². The van der Waals surface area contributed by atoms with E-state index in [0.717, 1.165) is 11.3 Å². The Hall–Kier alpha value is -3.33. The van der Waals surface area contributed by atoms with E-state index in [2.05, 4.69) is 17.2 Å². The molecular formula is C33H39F5N3O4PS. The van der Waals surface area contributed by atoms with Crippen LogP contribution < -0.4 is 20.3 Å². The van der Waals surface area contributed by atoms with E-state index in [9.17, 15) is 26.9 Å². The number of likely N-dealkylation sites (tertiary alicyclic amines) is 1. The molecule has 1 amide bonds. The Labute approximate surface area is 275 Å². The minimum absolute atomic E-state index is 0.0130. The molecule has 3 aromatic rings. The maximum Gasteiger partial charge on any atom is 0.415 e. The summed E-state index contributed by atoms with van der Waals surface area (Å²) >= 11 is 1.06. The molecule has 0 spiro atoms. The molecule has 0 saturated carbocycles. The molecule has 1 fully saturated rings. The molecule has 1 aliphatic rings. The number of ether oxygens (including phenoxy) is 2. The Bertz CT molecular complexity index is 1740. The number of hydrogen-bond acceptors (Lipinski definition) is 7. The predicted octanol–water partition coefficient (Wildman–Crippen LogP) is 7.65. The van der Waals surface area contributed by atoms with E-state index in [1.54, 1.807) is 39.0 Å². The molecule has 4 rings (SSSR count). The maximum atomic E-state index is 15.4. The highest BCUT2D eigenvalue weighted by Crippen LogP contribution is 2.43. The number of anilines is 2. The van der Waals surface area contributed by atoms with Crippen LogP contribution in [0.2, 0.25) is 0 Å². The Morgan fingerprint density at radius 1 is 1.19 bits per heavy atom. The Kier molecular flexibility index (Phi) is 10.9. The third-order valence-electron chi connectivity index (χ3n) is 7.69. The molecule has 0 radical (unpaired) electrons. The molecule has 14 heteroatoms. The number of amides is 1. The van der Waals surface area contributed by atoms with Gasteiger partial charge in [0.2, 0.25) is 0 Å². The summed E-state index contributed by atoms with van der Waals surface area (Å²) < 4.78 is 95.0. The highest BCUT2D eigenvalue weighted by atomic mass is 32.1. The normalized spacial score (nSPS) is 17.6. The SMILES string of the molecule is COc1c(N(C(=O)OCC#Cc2sc3c(N[C@@H]4CCN(C)C[C@@H]4F)cccc3c2CC(F)(F)F)C(C)(C)C)ccc(P(C)(C)=O)c1F. The van der Waals surface area contributed by atoms with E-state index in [0.29, 0.717) is 28.7 Å². The zero-order chi connectivity index (χ0) is 34.9. The Balaban J connectivity index is 1.62. The van der Waals surface area contributed by atoms with Gasteiger partial charge in [-0.1, -0.05) is 24.0 Å². The third kappa shape index (κ3) is 8.59. The molecule has 0 aliphatic carbocycles. The molecular weight excluding hydrogens is 660 g/mol. The number of halogens is 5. The molecule has 2 heterocycles. The molecule has 1 aliphatic heterocycles. The number of piperidine rings is 1. The van der Waals surface area contributed by atoms with Gasteiger partial charge in [0.1, 0.15) is 13.3 Å². The summed E-state index contributed by atoms with van der Waals surface area (Å²) in [6, 6.07) is 7.21. The van der Waals surface area contributed by atoms with E-state index < -0.39 is 56.0 Å². The minimum atomic E-state index is -4.52. The van der Waals surface area contributed by atoms with Crippen molar-refractivity contribution in [2.75, 3.05) is 57.4 Å². The lowest BCUT2D eigenvalue weighted by molar-refractivity contribution is -0.126. The van der Waals surface area contributed by atoms with Crippen molar-refractivity contribution >= 4 is 51.3 Å². The summed E-state index contributed by atoms with van der Waals surface area (Å²) in [5.41, 5.74) is -0.372. The van der Waals surface area contributed by atoms with Gasteiger partial charge < -0.3 is 24.3 Å². The Morgan fingerprint density at radius 3 is 2.49 bits per heavy atom. The standard InChI is InChI=1S/C33H39F5N3O4PS/c1-32(2,3)41(25-13-14-26(46(6,7)43)28(35)29(25)44-5)31(42)45-17-9-12-27-21(18-33(36,37)38)20-10-8-11-24(30(20)47-27)39-23-15-16-40(4)19-22(23)34/h8,10-11,13-14,22-23,39H,15-19H2,1-7H3/t22-,23+/m0/s1. The average molecular weight is 700 g/mol. The topological polar surface area (TPSA) is 71.1 Å². The van der Waals surface area contributed by atoms with Gasteiger partial charge in [-0.15, -0.1) is 11.3 Å². The molecule has 2 aromatic carbocycles. The first-order chi connectivity index (χ1) is 21.8. The fourth-order valence-corrected chi connectivity index (χ4v) is 7.69.